The van der Waals surface area contributed by atoms with E-state index in [-0.39, 0.29) is 11.0 Å². The lowest BCUT2D eigenvalue weighted by Gasteiger charge is -2.30. The summed E-state index contributed by atoms with van der Waals surface area (Å²) in [4.78, 5) is 14.3. The maximum absolute atomic E-state index is 11.9. The maximum Gasteiger partial charge on any atom is 0.266 e. The van der Waals surface area contributed by atoms with Crippen LogP contribution in [0.15, 0.2) is 23.0 Å². The third-order valence-corrected chi connectivity index (χ3v) is 5.26. The molecule has 25 heavy (non-hydrogen) atoms. The SMILES string of the molecule is Cc1cc(C(C)(C)C)cc(C)c1CN1CCc2nn(C)c(=O)cc2C1. The van der Waals surface area contributed by atoms with E-state index in [0.717, 1.165) is 37.3 Å². The van der Waals surface area contributed by atoms with E-state index in [1.807, 2.05) is 0 Å². The van der Waals surface area contributed by atoms with Gasteiger partial charge in [0.1, 0.15) is 0 Å². The number of nitrogens with zero attached hydrogens (tertiary/aromatic N) is 3. The van der Waals surface area contributed by atoms with E-state index in [4.69, 9.17) is 0 Å². The second-order valence-electron chi connectivity index (χ2n) is 8.38. The van der Waals surface area contributed by atoms with Crippen molar-refractivity contribution >= 4 is 0 Å². The molecule has 1 aromatic carbocycles. The van der Waals surface area contributed by atoms with Crippen LogP contribution in [-0.2, 0) is 32.0 Å². The van der Waals surface area contributed by atoms with Crippen LogP contribution in [0.25, 0.3) is 0 Å². The molecule has 3 rings (SSSR count). The van der Waals surface area contributed by atoms with Crippen LogP contribution < -0.4 is 5.56 Å². The van der Waals surface area contributed by atoms with Crippen molar-refractivity contribution in [1.82, 2.24) is 14.7 Å². The van der Waals surface area contributed by atoms with Crippen molar-refractivity contribution in [2.75, 3.05) is 6.54 Å². The highest BCUT2D eigenvalue weighted by Gasteiger charge is 2.21. The largest absolute Gasteiger partial charge is 0.294 e. The first-order valence-electron chi connectivity index (χ1n) is 9.04. The second kappa shape index (κ2) is 6.41. The molecule has 0 saturated carbocycles. The molecule has 2 aromatic rings. The average Bonchev–Trinajstić information content (AvgIpc) is 2.51. The van der Waals surface area contributed by atoms with E-state index in [0.29, 0.717) is 0 Å². The molecule has 0 aliphatic carbocycles. The molecule has 0 atom stereocenters. The lowest BCUT2D eigenvalue weighted by atomic mass is 9.83. The summed E-state index contributed by atoms with van der Waals surface area (Å²) in [6.07, 6.45) is 0.904. The Morgan fingerprint density at radius 2 is 1.76 bits per heavy atom. The van der Waals surface area contributed by atoms with Crippen molar-refractivity contribution in [3.63, 3.8) is 0 Å². The Morgan fingerprint density at radius 1 is 1.12 bits per heavy atom. The Kier molecular flexibility index (Phi) is 4.58. The second-order valence-corrected chi connectivity index (χ2v) is 8.38. The van der Waals surface area contributed by atoms with Crippen molar-refractivity contribution < 1.29 is 0 Å². The van der Waals surface area contributed by atoms with E-state index >= 15 is 0 Å². The van der Waals surface area contributed by atoms with Gasteiger partial charge < -0.3 is 0 Å². The molecular weight excluding hydrogens is 310 g/mol. The molecule has 0 unspecified atom stereocenters. The minimum atomic E-state index is -0.0255. The third kappa shape index (κ3) is 3.69. The van der Waals surface area contributed by atoms with Gasteiger partial charge in [-0.2, -0.15) is 5.10 Å². The Balaban J connectivity index is 1.84. The summed E-state index contributed by atoms with van der Waals surface area (Å²) in [6.45, 7) is 13.9. The Morgan fingerprint density at radius 3 is 2.36 bits per heavy atom. The molecule has 4 nitrogen and oxygen atoms in total. The maximum atomic E-state index is 11.9. The van der Waals surface area contributed by atoms with Gasteiger partial charge in [0.2, 0.25) is 0 Å². The molecule has 134 valence electrons. The molecule has 0 bridgehead atoms. The molecule has 1 aromatic heterocycles. The van der Waals surface area contributed by atoms with Crippen LogP contribution in [0.2, 0.25) is 0 Å². The van der Waals surface area contributed by atoms with Crippen molar-refractivity contribution in [2.24, 2.45) is 7.05 Å². The van der Waals surface area contributed by atoms with Gasteiger partial charge in [0.25, 0.3) is 5.56 Å². The van der Waals surface area contributed by atoms with Crippen LogP contribution >= 0.6 is 0 Å². The highest BCUT2D eigenvalue weighted by molar-refractivity contribution is 5.40. The number of aromatic nitrogens is 2. The first kappa shape index (κ1) is 17.9. The van der Waals surface area contributed by atoms with Crippen LogP contribution in [-0.4, -0.2) is 21.2 Å². The van der Waals surface area contributed by atoms with E-state index in [9.17, 15) is 4.79 Å². The summed E-state index contributed by atoms with van der Waals surface area (Å²) in [5.41, 5.74) is 7.81. The van der Waals surface area contributed by atoms with Gasteiger partial charge in [0.15, 0.2) is 0 Å². The minimum Gasteiger partial charge on any atom is -0.294 e. The van der Waals surface area contributed by atoms with E-state index in [1.54, 1.807) is 13.1 Å². The van der Waals surface area contributed by atoms with Gasteiger partial charge >= 0.3 is 0 Å². The van der Waals surface area contributed by atoms with E-state index in [2.05, 4.69) is 56.8 Å². The van der Waals surface area contributed by atoms with Crippen molar-refractivity contribution in [2.45, 2.75) is 59.5 Å². The van der Waals surface area contributed by atoms with Gasteiger partial charge in [-0.1, -0.05) is 32.9 Å². The normalized spacial score (nSPS) is 15.3. The zero-order chi connectivity index (χ0) is 18.4. The molecular formula is C21H29N3O. The number of fused-ring (bicyclic) bond motifs is 1. The zero-order valence-electron chi connectivity index (χ0n) is 16.3. The van der Waals surface area contributed by atoms with Crippen molar-refractivity contribution in [1.29, 1.82) is 0 Å². The molecule has 0 saturated heterocycles. The monoisotopic (exact) mass is 339 g/mol. The van der Waals surface area contributed by atoms with Crippen LogP contribution in [0.4, 0.5) is 0 Å². The zero-order valence-corrected chi connectivity index (χ0v) is 16.3. The summed E-state index contributed by atoms with van der Waals surface area (Å²) < 4.78 is 1.44. The van der Waals surface area contributed by atoms with Crippen molar-refractivity contribution in [3.8, 4) is 0 Å². The van der Waals surface area contributed by atoms with E-state index < -0.39 is 0 Å². The highest BCUT2D eigenvalue weighted by atomic mass is 16.1. The molecule has 0 fully saturated rings. The summed E-state index contributed by atoms with van der Waals surface area (Å²) in [5.74, 6) is 0. The number of rotatable bonds is 2. The smallest absolute Gasteiger partial charge is 0.266 e. The number of benzene rings is 1. The lowest BCUT2D eigenvalue weighted by Crippen LogP contribution is -2.34. The van der Waals surface area contributed by atoms with Gasteiger partial charge in [0, 0.05) is 39.2 Å². The van der Waals surface area contributed by atoms with Gasteiger partial charge in [-0.15, -0.1) is 0 Å². The molecule has 0 amide bonds. The predicted molar refractivity (Wildman–Crippen MR) is 102 cm³/mol. The summed E-state index contributed by atoms with van der Waals surface area (Å²) in [5, 5.41) is 4.41. The van der Waals surface area contributed by atoms with Crippen LogP contribution in [0, 0.1) is 13.8 Å². The molecule has 1 aliphatic rings. The lowest BCUT2D eigenvalue weighted by molar-refractivity contribution is 0.240. The highest BCUT2D eigenvalue weighted by Crippen LogP contribution is 2.28. The van der Waals surface area contributed by atoms with Gasteiger partial charge in [-0.25, -0.2) is 4.68 Å². The van der Waals surface area contributed by atoms with Crippen LogP contribution in [0.3, 0.4) is 0 Å². The predicted octanol–water partition coefficient (Wildman–Crippen LogP) is 3.25. The summed E-state index contributed by atoms with van der Waals surface area (Å²) in [7, 11) is 1.72. The fourth-order valence-corrected chi connectivity index (χ4v) is 3.59. The average molecular weight is 339 g/mol. The van der Waals surface area contributed by atoms with Crippen LogP contribution in [0.1, 0.15) is 54.3 Å². The number of hydrogen-bond donors (Lipinski definition) is 0. The summed E-state index contributed by atoms with van der Waals surface area (Å²) >= 11 is 0. The fourth-order valence-electron chi connectivity index (χ4n) is 3.59. The Bertz CT molecular complexity index is 835. The quantitative estimate of drug-likeness (QED) is 0.843. The van der Waals surface area contributed by atoms with Crippen molar-refractivity contribution in [3.05, 3.63) is 62.1 Å². The first-order valence-corrected chi connectivity index (χ1v) is 9.04. The fraction of sp³-hybridized carbons (Fsp3) is 0.524. The standard InChI is InChI=1S/C21H29N3O/c1-14-9-17(21(3,4)5)10-15(2)18(14)13-24-8-7-19-16(12-24)11-20(25)23(6)22-19/h9-11H,7-8,12-13H2,1-6H3. The van der Waals surface area contributed by atoms with E-state index in [1.165, 1.54) is 26.9 Å². The first-order chi connectivity index (χ1) is 11.6. The molecule has 0 radical (unpaired) electrons. The summed E-state index contributed by atoms with van der Waals surface area (Å²) in [6, 6.07) is 6.41. The third-order valence-electron chi connectivity index (χ3n) is 5.26. The van der Waals surface area contributed by atoms with Crippen LogP contribution in [0.5, 0.6) is 0 Å². The van der Waals surface area contributed by atoms with Gasteiger partial charge in [-0.05, 0) is 47.1 Å². The van der Waals surface area contributed by atoms with Gasteiger partial charge in [0.05, 0.1) is 5.69 Å². The molecule has 0 N–H and O–H groups in total. The number of hydrogen-bond acceptors (Lipinski definition) is 3. The topological polar surface area (TPSA) is 38.1 Å². The molecule has 2 heterocycles. The van der Waals surface area contributed by atoms with Gasteiger partial charge in [-0.3, -0.25) is 9.69 Å². The molecule has 1 aliphatic heterocycles. The Hall–Kier alpha value is -1.94. The Labute approximate surface area is 150 Å². The minimum absolute atomic E-state index is 0.0255. The molecule has 4 heteroatoms. The number of aryl methyl sites for hydroxylation is 3. The molecule has 0 spiro atoms.